The first-order valence-corrected chi connectivity index (χ1v) is 3.90. The van der Waals surface area contributed by atoms with E-state index in [1.54, 1.807) is 0 Å². The maximum atomic E-state index is 10.5. The summed E-state index contributed by atoms with van der Waals surface area (Å²) in [5.74, 6) is -0.0628. The molecule has 62 valence electrons. The molecular formula is C7H13N3O. The maximum absolute atomic E-state index is 10.5. The number of nitrogens with one attached hydrogen (secondary N) is 1. The molecule has 4 heteroatoms. The van der Waals surface area contributed by atoms with Gasteiger partial charge in [-0.3, -0.25) is 5.41 Å². The van der Waals surface area contributed by atoms with Crippen LogP contribution in [0.3, 0.4) is 0 Å². The molecule has 0 aromatic rings. The predicted octanol–water partition coefficient (Wildman–Crippen LogP) is 1.39. The number of rotatable bonds is 2. The lowest BCUT2D eigenvalue weighted by Crippen LogP contribution is -2.42. The van der Waals surface area contributed by atoms with Gasteiger partial charge in [0.1, 0.15) is 5.84 Å². The largest absolute Gasteiger partial charge is 0.385 e. The van der Waals surface area contributed by atoms with Gasteiger partial charge < -0.3 is 5.73 Å². The molecule has 3 N–H and O–H groups in total. The van der Waals surface area contributed by atoms with Crippen molar-refractivity contribution in [3.8, 4) is 0 Å². The monoisotopic (exact) mass is 155 g/mol. The predicted molar refractivity (Wildman–Crippen MR) is 43.5 cm³/mol. The van der Waals surface area contributed by atoms with Crippen molar-refractivity contribution in [3.05, 3.63) is 4.91 Å². The van der Waals surface area contributed by atoms with Crippen LogP contribution in [0, 0.1) is 10.3 Å². The summed E-state index contributed by atoms with van der Waals surface area (Å²) < 4.78 is 0. The quantitative estimate of drug-likeness (QED) is 0.359. The molecule has 1 fully saturated rings. The molecule has 0 unspecified atom stereocenters. The number of hydrogen-bond acceptors (Lipinski definition) is 3. The highest BCUT2D eigenvalue weighted by Gasteiger charge is 2.36. The Bertz CT molecular complexity index is 173. The second-order valence-electron chi connectivity index (χ2n) is 3.10. The summed E-state index contributed by atoms with van der Waals surface area (Å²) >= 11 is 0. The third-order valence-electron chi connectivity index (χ3n) is 2.36. The zero-order valence-electron chi connectivity index (χ0n) is 6.47. The lowest BCUT2D eigenvalue weighted by atomic mass is 9.82. The summed E-state index contributed by atoms with van der Waals surface area (Å²) in [5, 5.41) is 10.2. The third kappa shape index (κ3) is 1.39. The van der Waals surface area contributed by atoms with Gasteiger partial charge >= 0.3 is 0 Å². The summed E-state index contributed by atoms with van der Waals surface area (Å²) in [5.41, 5.74) is 4.45. The van der Waals surface area contributed by atoms with Crippen molar-refractivity contribution in [2.24, 2.45) is 10.9 Å². The maximum Gasteiger partial charge on any atom is 0.159 e. The van der Waals surface area contributed by atoms with E-state index in [2.05, 4.69) is 5.18 Å². The van der Waals surface area contributed by atoms with E-state index in [0.29, 0.717) is 12.8 Å². The van der Waals surface area contributed by atoms with Crippen molar-refractivity contribution in [1.29, 1.82) is 5.41 Å². The smallest absolute Gasteiger partial charge is 0.159 e. The number of amidine groups is 1. The number of nitroso groups, excluding NO2 is 1. The Morgan fingerprint density at radius 2 is 1.91 bits per heavy atom. The van der Waals surface area contributed by atoms with Crippen LogP contribution >= 0.6 is 0 Å². The molecule has 11 heavy (non-hydrogen) atoms. The van der Waals surface area contributed by atoms with Crippen molar-refractivity contribution in [2.45, 2.75) is 37.6 Å². The lowest BCUT2D eigenvalue weighted by Gasteiger charge is -2.28. The van der Waals surface area contributed by atoms with Gasteiger partial charge in [-0.1, -0.05) is 24.4 Å². The van der Waals surface area contributed by atoms with Crippen LogP contribution in [0.15, 0.2) is 5.18 Å². The van der Waals surface area contributed by atoms with Gasteiger partial charge in [0.2, 0.25) is 0 Å². The Kier molecular flexibility index (Phi) is 2.22. The van der Waals surface area contributed by atoms with Gasteiger partial charge in [0, 0.05) is 0 Å². The van der Waals surface area contributed by atoms with Gasteiger partial charge in [-0.25, -0.2) is 0 Å². The molecule has 0 saturated heterocycles. The molecule has 4 nitrogen and oxygen atoms in total. The van der Waals surface area contributed by atoms with Crippen molar-refractivity contribution in [2.75, 3.05) is 0 Å². The van der Waals surface area contributed by atoms with E-state index in [1.807, 2.05) is 0 Å². The fraction of sp³-hybridized carbons (Fsp3) is 0.857. The highest BCUT2D eigenvalue weighted by molar-refractivity contribution is 5.87. The highest BCUT2D eigenvalue weighted by Crippen LogP contribution is 2.31. The van der Waals surface area contributed by atoms with Gasteiger partial charge in [0.25, 0.3) is 0 Å². The van der Waals surface area contributed by atoms with E-state index in [1.165, 1.54) is 0 Å². The normalized spacial score (nSPS) is 22.5. The fourth-order valence-electron chi connectivity index (χ4n) is 1.55. The summed E-state index contributed by atoms with van der Waals surface area (Å²) in [7, 11) is 0. The Hall–Kier alpha value is -0.930. The van der Waals surface area contributed by atoms with Crippen molar-refractivity contribution in [1.82, 2.24) is 0 Å². The van der Waals surface area contributed by atoms with E-state index in [-0.39, 0.29) is 5.84 Å². The Balaban J connectivity index is 2.72. The average Bonchev–Trinajstić information content (AvgIpc) is 2.05. The van der Waals surface area contributed by atoms with E-state index in [4.69, 9.17) is 11.1 Å². The number of hydrogen-bond donors (Lipinski definition) is 2. The van der Waals surface area contributed by atoms with Crippen molar-refractivity contribution >= 4 is 5.84 Å². The molecule has 0 aromatic heterocycles. The van der Waals surface area contributed by atoms with Crippen LogP contribution in [0.25, 0.3) is 0 Å². The molecule has 0 bridgehead atoms. The van der Waals surface area contributed by atoms with Crippen LogP contribution in [-0.4, -0.2) is 11.4 Å². The molecule has 1 saturated carbocycles. The Labute approximate surface area is 65.6 Å². The second kappa shape index (κ2) is 2.98. The minimum absolute atomic E-state index is 0.0628. The van der Waals surface area contributed by atoms with E-state index in [0.717, 1.165) is 19.3 Å². The van der Waals surface area contributed by atoms with Crippen LogP contribution in [0.2, 0.25) is 0 Å². The van der Waals surface area contributed by atoms with E-state index >= 15 is 0 Å². The molecule has 1 rings (SSSR count). The Morgan fingerprint density at radius 1 is 1.36 bits per heavy atom. The van der Waals surface area contributed by atoms with Gasteiger partial charge in [-0.2, -0.15) is 0 Å². The molecule has 0 aliphatic heterocycles. The fourth-order valence-corrected chi connectivity index (χ4v) is 1.55. The Morgan fingerprint density at radius 3 is 2.18 bits per heavy atom. The van der Waals surface area contributed by atoms with E-state index < -0.39 is 5.54 Å². The molecule has 0 heterocycles. The van der Waals surface area contributed by atoms with Crippen LogP contribution in [0.1, 0.15) is 32.1 Å². The highest BCUT2D eigenvalue weighted by atomic mass is 16.3. The molecule has 0 radical (unpaired) electrons. The lowest BCUT2D eigenvalue weighted by molar-refractivity contribution is 0.377. The van der Waals surface area contributed by atoms with Crippen molar-refractivity contribution < 1.29 is 0 Å². The topological polar surface area (TPSA) is 79.3 Å². The van der Waals surface area contributed by atoms with E-state index in [9.17, 15) is 4.91 Å². The molecule has 1 aliphatic rings. The number of nitrogens with zero attached hydrogens (tertiary/aromatic N) is 1. The third-order valence-corrected chi connectivity index (χ3v) is 2.36. The minimum Gasteiger partial charge on any atom is -0.385 e. The summed E-state index contributed by atoms with van der Waals surface area (Å²) in [6, 6.07) is 0. The molecular weight excluding hydrogens is 142 g/mol. The number of nitrogens with two attached hydrogens (primary N) is 1. The van der Waals surface area contributed by atoms with Gasteiger partial charge in [0.15, 0.2) is 5.54 Å². The second-order valence-corrected chi connectivity index (χ2v) is 3.10. The van der Waals surface area contributed by atoms with Crippen molar-refractivity contribution in [3.63, 3.8) is 0 Å². The minimum atomic E-state index is -0.849. The van der Waals surface area contributed by atoms with Crippen LogP contribution < -0.4 is 5.73 Å². The molecule has 0 atom stereocenters. The van der Waals surface area contributed by atoms with Gasteiger partial charge in [-0.15, -0.1) is 4.91 Å². The molecule has 1 aliphatic carbocycles. The zero-order chi connectivity index (χ0) is 8.32. The first-order valence-electron chi connectivity index (χ1n) is 3.90. The summed E-state index contributed by atoms with van der Waals surface area (Å²) in [6.45, 7) is 0. The average molecular weight is 155 g/mol. The zero-order valence-corrected chi connectivity index (χ0v) is 6.47. The molecule has 0 aromatic carbocycles. The first-order chi connectivity index (χ1) is 5.21. The summed E-state index contributed by atoms with van der Waals surface area (Å²) in [6.07, 6.45) is 4.37. The summed E-state index contributed by atoms with van der Waals surface area (Å²) in [4.78, 5) is 10.5. The van der Waals surface area contributed by atoms with Crippen LogP contribution in [0.5, 0.6) is 0 Å². The van der Waals surface area contributed by atoms with Gasteiger partial charge in [-0.05, 0) is 12.8 Å². The van der Waals surface area contributed by atoms with Crippen LogP contribution in [-0.2, 0) is 0 Å². The molecule has 0 spiro atoms. The SMILES string of the molecule is N=C(N)C1(N=O)CCCCC1. The molecule has 0 amide bonds. The standard InChI is InChI=1S/C7H13N3O/c8-6(9)7(10-11)4-2-1-3-5-7/h1-5H2,(H3,8,9). The van der Waals surface area contributed by atoms with Gasteiger partial charge in [0.05, 0.1) is 0 Å². The first kappa shape index (κ1) is 8.17. The van der Waals surface area contributed by atoms with Crippen LogP contribution in [0.4, 0.5) is 0 Å².